The number of ketones is 1. The van der Waals surface area contributed by atoms with Gasteiger partial charge in [0.25, 0.3) is 5.78 Å². The van der Waals surface area contributed by atoms with Crippen molar-refractivity contribution < 1.29 is 23.8 Å². The zero-order valence-corrected chi connectivity index (χ0v) is 20.5. The molecule has 1 unspecified atom stereocenters. The van der Waals surface area contributed by atoms with Gasteiger partial charge in [0.1, 0.15) is 17.3 Å². The fourth-order valence-electron chi connectivity index (χ4n) is 4.19. The minimum atomic E-state index is -0.922. The summed E-state index contributed by atoms with van der Waals surface area (Å²) < 4.78 is 19.6. The molecule has 0 radical (unpaired) electrons. The van der Waals surface area contributed by atoms with Crippen LogP contribution in [-0.2, 0) is 9.59 Å². The van der Waals surface area contributed by atoms with Crippen LogP contribution in [-0.4, -0.2) is 43.0 Å². The molecule has 0 aliphatic carbocycles. The number of ether oxygens (including phenoxy) is 1. The number of carbonyl (C=O) groups excluding carboxylic acids is 2. The van der Waals surface area contributed by atoms with Crippen molar-refractivity contribution in [1.29, 1.82) is 0 Å². The smallest absolute Gasteiger partial charge is 0.301 e. The van der Waals surface area contributed by atoms with Crippen molar-refractivity contribution >= 4 is 49.8 Å². The third-order valence-electron chi connectivity index (χ3n) is 6.08. The van der Waals surface area contributed by atoms with Gasteiger partial charge in [0.2, 0.25) is 0 Å². The molecule has 5 rings (SSSR count). The molecule has 4 aromatic rings. The largest absolute Gasteiger partial charge is 0.507 e. The Morgan fingerprint density at radius 3 is 2.39 bits per heavy atom. The Labute approximate surface area is 210 Å². The summed E-state index contributed by atoms with van der Waals surface area (Å²) in [5, 5.41) is 11.5. The number of aromatic nitrogens is 1. The highest BCUT2D eigenvalue weighted by molar-refractivity contribution is 7.22. The highest BCUT2D eigenvalue weighted by Crippen LogP contribution is 2.44. The molecule has 3 aromatic carbocycles. The lowest BCUT2D eigenvalue weighted by Gasteiger charge is -2.23. The van der Waals surface area contributed by atoms with Crippen molar-refractivity contribution in [2.24, 2.45) is 0 Å². The molecule has 1 saturated heterocycles. The van der Waals surface area contributed by atoms with Crippen LogP contribution in [0.3, 0.4) is 0 Å². The average molecular weight is 504 g/mol. The van der Waals surface area contributed by atoms with E-state index in [-0.39, 0.29) is 16.9 Å². The predicted octanol–water partition coefficient (Wildman–Crippen LogP) is 5.14. The molecule has 0 bridgehead atoms. The van der Waals surface area contributed by atoms with E-state index in [0.717, 1.165) is 10.4 Å². The highest BCUT2D eigenvalue weighted by atomic mass is 32.1. The van der Waals surface area contributed by atoms with E-state index in [2.05, 4.69) is 4.98 Å². The van der Waals surface area contributed by atoms with Crippen LogP contribution < -0.4 is 14.5 Å². The first-order valence-corrected chi connectivity index (χ1v) is 11.9. The Morgan fingerprint density at radius 1 is 1.06 bits per heavy atom. The molecule has 1 fully saturated rings. The topological polar surface area (TPSA) is 83.0 Å². The maximum atomic E-state index is 13.5. The molecule has 1 aliphatic rings. The van der Waals surface area contributed by atoms with Crippen LogP contribution in [0.25, 0.3) is 16.0 Å². The van der Waals surface area contributed by atoms with E-state index in [1.165, 1.54) is 40.5 Å². The molecule has 7 nitrogen and oxygen atoms in total. The zero-order chi connectivity index (χ0) is 25.6. The second-order valence-corrected chi connectivity index (χ2v) is 9.50. The average Bonchev–Trinajstić information content (AvgIpc) is 3.41. The van der Waals surface area contributed by atoms with Crippen LogP contribution in [0.15, 0.2) is 72.3 Å². The molecule has 1 atom stereocenters. The van der Waals surface area contributed by atoms with Gasteiger partial charge in [0, 0.05) is 25.3 Å². The van der Waals surface area contributed by atoms with E-state index in [1.54, 1.807) is 19.2 Å². The molecular formula is C27H22FN3O4S. The number of Topliss-reactive ketones (excluding diaryl/α,β-unsaturated/α-hetero) is 1. The molecule has 2 heterocycles. The molecule has 1 aliphatic heterocycles. The summed E-state index contributed by atoms with van der Waals surface area (Å²) >= 11 is 1.25. The minimum absolute atomic E-state index is 0.0824. The fourth-order valence-corrected chi connectivity index (χ4v) is 5.21. The van der Waals surface area contributed by atoms with E-state index in [4.69, 9.17) is 4.74 Å². The summed E-state index contributed by atoms with van der Waals surface area (Å²) in [7, 11) is 5.38. The summed E-state index contributed by atoms with van der Waals surface area (Å²) in [6.45, 7) is 0. The second-order valence-electron chi connectivity index (χ2n) is 8.49. The molecule has 1 amide bonds. The minimum Gasteiger partial charge on any atom is -0.507 e. The summed E-state index contributed by atoms with van der Waals surface area (Å²) in [6.07, 6.45) is 0. The van der Waals surface area contributed by atoms with E-state index < -0.39 is 23.5 Å². The first kappa shape index (κ1) is 23.5. The number of hydrogen-bond acceptors (Lipinski definition) is 7. The third kappa shape index (κ3) is 3.97. The Morgan fingerprint density at radius 2 is 1.75 bits per heavy atom. The zero-order valence-electron chi connectivity index (χ0n) is 19.7. The van der Waals surface area contributed by atoms with Crippen LogP contribution in [0, 0.1) is 5.82 Å². The number of benzene rings is 3. The predicted molar refractivity (Wildman–Crippen MR) is 138 cm³/mol. The molecule has 36 heavy (non-hydrogen) atoms. The number of thiazole rings is 1. The van der Waals surface area contributed by atoms with Crippen molar-refractivity contribution in [3.05, 3.63) is 89.2 Å². The standard InChI is InChI=1S/C27H22FN3O4S/c1-30(2)18-10-6-15(7-11-18)23-22(24(32)16-4-8-17(28)9-5-16)25(33)26(34)31(23)27-29-20-13-12-19(35-3)14-21(20)36-27/h4-14,23,32H,1-3H3/b24-22+. The molecule has 1 N–H and O–H groups in total. The van der Waals surface area contributed by atoms with Gasteiger partial charge in [-0.05, 0) is 60.2 Å². The number of anilines is 2. The number of aliphatic hydroxyl groups is 1. The lowest BCUT2D eigenvalue weighted by Crippen LogP contribution is -2.29. The summed E-state index contributed by atoms with van der Waals surface area (Å²) in [6, 6.07) is 16.9. The molecule has 9 heteroatoms. The first-order valence-electron chi connectivity index (χ1n) is 11.1. The normalized spacial score (nSPS) is 17.1. The number of nitrogens with zero attached hydrogens (tertiary/aromatic N) is 3. The van der Waals surface area contributed by atoms with Gasteiger partial charge in [-0.25, -0.2) is 9.37 Å². The maximum absolute atomic E-state index is 13.5. The number of hydrogen-bond donors (Lipinski definition) is 1. The fraction of sp³-hybridized carbons (Fsp3) is 0.148. The van der Waals surface area contributed by atoms with E-state index in [1.807, 2.05) is 49.3 Å². The van der Waals surface area contributed by atoms with Crippen LogP contribution in [0.1, 0.15) is 17.2 Å². The van der Waals surface area contributed by atoms with Crippen LogP contribution in [0.5, 0.6) is 5.75 Å². The van der Waals surface area contributed by atoms with E-state index in [9.17, 15) is 19.1 Å². The Bertz CT molecular complexity index is 1510. The SMILES string of the molecule is COc1ccc2nc(N3C(=O)C(=O)/C(=C(/O)c4ccc(F)cc4)C3c3ccc(N(C)C)cc3)sc2c1. The molecule has 1 aromatic heterocycles. The quantitative estimate of drug-likeness (QED) is 0.231. The van der Waals surface area contributed by atoms with Crippen molar-refractivity contribution in [2.45, 2.75) is 6.04 Å². The van der Waals surface area contributed by atoms with Crippen molar-refractivity contribution in [1.82, 2.24) is 4.98 Å². The van der Waals surface area contributed by atoms with Crippen LogP contribution >= 0.6 is 11.3 Å². The number of amides is 1. The van der Waals surface area contributed by atoms with Gasteiger partial charge >= 0.3 is 5.91 Å². The van der Waals surface area contributed by atoms with Crippen LogP contribution in [0.2, 0.25) is 0 Å². The number of methoxy groups -OCH3 is 1. The summed E-state index contributed by atoms with van der Waals surface area (Å²) in [5.41, 5.74) is 2.36. The number of rotatable bonds is 5. The Kier molecular flexibility index (Phi) is 5.93. The van der Waals surface area contributed by atoms with E-state index >= 15 is 0 Å². The van der Waals surface area contributed by atoms with Crippen molar-refractivity contribution in [3.63, 3.8) is 0 Å². The van der Waals surface area contributed by atoms with E-state index in [0.29, 0.717) is 22.0 Å². The van der Waals surface area contributed by atoms with Crippen molar-refractivity contribution in [2.75, 3.05) is 31.0 Å². The highest BCUT2D eigenvalue weighted by Gasteiger charge is 2.48. The lowest BCUT2D eigenvalue weighted by molar-refractivity contribution is -0.132. The lowest BCUT2D eigenvalue weighted by atomic mass is 9.95. The Balaban J connectivity index is 1.70. The third-order valence-corrected chi connectivity index (χ3v) is 7.10. The molecule has 182 valence electrons. The monoisotopic (exact) mass is 503 g/mol. The van der Waals surface area contributed by atoms with Crippen molar-refractivity contribution in [3.8, 4) is 5.75 Å². The first-order chi connectivity index (χ1) is 17.3. The van der Waals surface area contributed by atoms with Gasteiger partial charge in [0.15, 0.2) is 5.13 Å². The number of carbonyl (C=O) groups is 2. The molecule has 0 spiro atoms. The van der Waals surface area contributed by atoms with Gasteiger partial charge in [-0.15, -0.1) is 0 Å². The number of halogens is 1. The van der Waals surface area contributed by atoms with Crippen LogP contribution in [0.4, 0.5) is 15.2 Å². The maximum Gasteiger partial charge on any atom is 0.301 e. The Hall–Kier alpha value is -4.24. The second kappa shape index (κ2) is 9.09. The van der Waals surface area contributed by atoms with Gasteiger partial charge in [0.05, 0.1) is 28.9 Å². The van der Waals surface area contributed by atoms with Gasteiger partial charge < -0.3 is 14.7 Å². The number of aliphatic hydroxyl groups excluding tert-OH is 1. The summed E-state index contributed by atoms with van der Waals surface area (Å²) in [5.74, 6) is -1.85. The van der Waals surface area contributed by atoms with Gasteiger partial charge in [-0.2, -0.15) is 0 Å². The van der Waals surface area contributed by atoms with Gasteiger partial charge in [-0.3, -0.25) is 14.5 Å². The number of fused-ring (bicyclic) bond motifs is 1. The summed E-state index contributed by atoms with van der Waals surface area (Å²) in [4.78, 5) is 34.5. The van der Waals surface area contributed by atoms with Gasteiger partial charge in [-0.1, -0.05) is 23.5 Å². The molecule has 0 saturated carbocycles. The molecular weight excluding hydrogens is 481 g/mol.